The minimum absolute atomic E-state index is 0.0303. The zero-order valence-electron chi connectivity index (χ0n) is 21.0. The molecule has 1 aliphatic rings. The summed E-state index contributed by atoms with van der Waals surface area (Å²) >= 11 is 0. The van der Waals surface area contributed by atoms with E-state index < -0.39 is 17.8 Å². The molecule has 1 aliphatic heterocycles. The van der Waals surface area contributed by atoms with Crippen molar-refractivity contribution in [1.82, 2.24) is 0 Å². The van der Waals surface area contributed by atoms with Crippen LogP contribution in [0.5, 0.6) is 0 Å². The van der Waals surface area contributed by atoms with E-state index in [0.717, 1.165) is 12.8 Å². The van der Waals surface area contributed by atoms with Crippen molar-refractivity contribution in [3.05, 3.63) is 23.7 Å². The van der Waals surface area contributed by atoms with E-state index >= 15 is 0 Å². The van der Waals surface area contributed by atoms with Crippen LogP contribution in [0, 0.1) is 5.92 Å². The number of ketones is 2. The number of allylic oxidation sites excluding steroid dienone is 2. The van der Waals surface area contributed by atoms with E-state index in [2.05, 4.69) is 18.6 Å². The second kappa shape index (κ2) is 22.6. The molecule has 1 heterocycles. The minimum Gasteiger partial charge on any atom is -0.505 e. The van der Waals surface area contributed by atoms with Gasteiger partial charge in [0.2, 0.25) is 5.76 Å². The highest BCUT2D eigenvalue weighted by Crippen LogP contribution is 2.21. The van der Waals surface area contributed by atoms with Crippen LogP contribution in [-0.2, 0) is 19.1 Å². The van der Waals surface area contributed by atoms with Gasteiger partial charge >= 0.3 is 5.97 Å². The minimum atomic E-state index is -0.832. The standard InChI is InChI=1S/C9H14O2.C7H10O4.C7H16.C2H6/c1-4-7(2)9(11)6-5-8(3)10;1-2-3-4-5(8)6(9)7(10)11-4;1-3-5-7-6-4-2;1-2/h5-7H,4H2,1-3H3;4,8-9H,2-3H2,1H3;3-7H2,1-2H3;1-2H3/b6-5-;;;/t;4-;;/m.1../s1. The molecule has 0 saturated heterocycles. The molecule has 1 unspecified atom stereocenters. The van der Waals surface area contributed by atoms with Crippen LogP contribution >= 0.6 is 0 Å². The molecular formula is C25H46O6. The van der Waals surface area contributed by atoms with Gasteiger partial charge in [-0.25, -0.2) is 4.79 Å². The number of cyclic esters (lactones) is 1. The second-order valence-electron chi connectivity index (χ2n) is 7.13. The zero-order valence-corrected chi connectivity index (χ0v) is 21.0. The summed E-state index contributed by atoms with van der Waals surface area (Å²) in [7, 11) is 0. The van der Waals surface area contributed by atoms with Crippen LogP contribution in [0.15, 0.2) is 23.7 Å². The first-order chi connectivity index (χ1) is 14.7. The van der Waals surface area contributed by atoms with Gasteiger partial charge in [0, 0.05) is 5.92 Å². The first kappa shape index (κ1) is 33.5. The number of esters is 1. The molecule has 2 atom stereocenters. The predicted octanol–water partition coefficient (Wildman–Crippen LogP) is 6.79. The largest absolute Gasteiger partial charge is 0.505 e. The number of carbonyl (C=O) groups excluding carboxylic acids is 3. The Hall–Kier alpha value is -2.11. The number of carbonyl (C=O) groups is 3. The van der Waals surface area contributed by atoms with Gasteiger partial charge in [-0.05, 0) is 31.9 Å². The Morgan fingerprint density at radius 3 is 1.81 bits per heavy atom. The predicted molar refractivity (Wildman–Crippen MR) is 127 cm³/mol. The van der Waals surface area contributed by atoms with Crippen LogP contribution in [0.4, 0.5) is 0 Å². The normalized spacial score (nSPS) is 15.6. The Balaban J connectivity index is -0.000000374. The summed E-state index contributed by atoms with van der Waals surface area (Å²) in [5.41, 5.74) is 0. The van der Waals surface area contributed by atoms with Crippen molar-refractivity contribution in [2.24, 2.45) is 5.92 Å². The number of hydrogen-bond donors (Lipinski definition) is 2. The summed E-state index contributed by atoms with van der Waals surface area (Å²) in [6.07, 6.45) is 11.2. The number of ether oxygens (including phenoxy) is 1. The van der Waals surface area contributed by atoms with E-state index in [4.69, 9.17) is 10.2 Å². The third-order valence-electron chi connectivity index (χ3n) is 4.33. The molecule has 0 fully saturated rings. The quantitative estimate of drug-likeness (QED) is 0.219. The first-order valence-electron chi connectivity index (χ1n) is 11.7. The van der Waals surface area contributed by atoms with Crippen LogP contribution in [0.2, 0.25) is 0 Å². The number of aliphatic hydroxyl groups excluding tert-OH is 2. The van der Waals surface area contributed by atoms with E-state index in [0.29, 0.717) is 6.42 Å². The maximum absolute atomic E-state index is 11.0. The van der Waals surface area contributed by atoms with Crippen molar-refractivity contribution in [3.63, 3.8) is 0 Å². The second-order valence-corrected chi connectivity index (χ2v) is 7.13. The van der Waals surface area contributed by atoms with Gasteiger partial charge in [0.15, 0.2) is 23.4 Å². The molecule has 0 aromatic carbocycles. The highest BCUT2D eigenvalue weighted by atomic mass is 16.6. The Morgan fingerprint density at radius 2 is 1.48 bits per heavy atom. The maximum atomic E-state index is 11.0. The van der Waals surface area contributed by atoms with Gasteiger partial charge in [0.25, 0.3) is 0 Å². The number of aliphatic hydroxyl groups is 2. The third kappa shape index (κ3) is 18.4. The van der Waals surface area contributed by atoms with Crippen LogP contribution in [0.3, 0.4) is 0 Å². The SMILES string of the molecule is CC.CCC(C)C(=O)/C=C\C(C)=O.CCCCCCC.CCC[C@H]1OC(=O)C(O)=C1O. The van der Waals surface area contributed by atoms with Gasteiger partial charge in [0.1, 0.15) is 0 Å². The van der Waals surface area contributed by atoms with Crippen molar-refractivity contribution in [2.75, 3.05) is 0 Å². The summed E-state index contributed by atoms with van der Waals surface area (Å²) in [6, 6.07) is 0. The first-order valence-corrected chi connectivity index (χ1v) is 11.7. The summed E-state index contributed by atoms with van der Waals surface area (Å²) in [5, 5.41) is 17.9. The maximum Gasteiger partial charge on any atom is 0.377 e. The average molecular weight is 443 g/mol. The molecule has 0 spiro atoms. The number of hydrogen-bond acceptors (Lipinski definition) is 6. The molecule has 0 aromatic rings. The topological polar surface area (TPSA) is 101 Å². The molecule has 0 radical (unpaired) electrons. The average Bonchev–Trinajstić information content (AvgIpc) is 3.01. The number of rotatable bonds is 10. The number of unbranched alkanes of at least 4 members (excludes halogenated alkanes) is 4. The molecule has 6 nitrogen and oxygen atoms in total. The molecule has 0 bridgehead atoms. The van der Waals surface area contributed by atoms with E-state index in [-0.39, 0.29) is 23.2 Å². The van der Waals surface area contributed by atoms with Crippen molar-refractivity contribution < 1.29 is 29.3 Å². The van der Waals surface area contributed by atoms with E-state index in [1.54, 1.807) is 0 Å². The van der Waals surface area contributed by atoms with E-state index in [1.165, 1.54) is 51.2 Å². The highest BCUT2D eigenvalue weighted by Gasteiger charge is 2.33. The Bertz CT molecular complexity index is 544. The fourth-order valence-electron chi connectivity index (χ4n) is 2.20. The van der Waals surface area contributed by atoms with Crippen LogP contribution in [-0.4, -0.2) is 33.9 Å². The monoisotopic (exact) mass is 442 g/mol. The van der Waals surface area contributed by atoms with Crippen molar-refractivity contribution in [1.29, 1.82) is 0 Å². The Morgan fingerprint density at radius 1 is 0.968 bits per heavy atom. The molecule has 2 N–H and O–H groups in total. The molecule has 31 heavy (non-hydrogen) atoms. The molecule has 1 rings (SSSR count). The lowest BCUT2D eigenvalue weighted by Crippen LogP contribution is -2.10. The summed E-state index contributed by atoms with van der Waals surface area (Å²) in [6.45, 7) is 15.6. The van der Waals surface area contributed by atoms with Crippen molar-refractivity contribution in [3.8, 4) is 0 Å². The zero-order chi connectivity index (χ0) is 24.8. The third-order valence-corrected chi connectivity index (χ3v) is 4.33. The van der Waals surface area contributed by atoms with Gasteiger partial charge in [0.05, 0.1) is 0 Å². The molecule has 182 valence electrons. The fraction of sp³-hybridized carbons (Fsp3) is 0.720. The molecular weight excluding hydrogens is 396 g/mol. The highest BCUT2D eigenvalue weighted by molar-refractivity contribution is 5.98. The smallest absolute Gasteiger partial charge is 0.377 e. The van der Waals surface area contributed by atoms with Gasteiger partial charge in [-0.3, -0.25) is 9.59 Å². The van der Waals surface area contributed by atoms with Crippen molar-refractivity contribution in [2.45, 2.75) is 113 Å². The van der Waals surface area contributed by atoms with Gasteiger partial charge in [-0.2, -0.15) is 0 Å². The van der Waals surface area contributed by atoms with Crippen molar-refractivity contribution >= 4 is 17.5 Å². The lowest BCUT2D eigenvalue weighted by atomic mass is 10.0. The van der Waals surface area contributed by atoms with Gasteiger partial charge in [-0.15, -0.1) is 0 Å². The summed E-state index contributed by atoms with van der Waals surface area (Å²) in [5.74, 6) is -1.84. The summed E-state index contributed by atoms with van der Waals surface area (Å²) in [4.78, 5) is 32.0. The molecule has 6 heteroatoms. The fourth-order valence-corrected chi connectivity index (χ4v) is 2.20. The van der Waals surface area contributed by atoms with Crippen LogP contribution < -0.4 is 0 Å². The van der Waals surface area contributed by atoms with E-state index in [9.17, 15) is 14.4 Å². The Kier molecular flexibility index (Phi) is 24.4. The van der Waals surface area contributed by atoms with E-state index in [1.807, 2.05) is 34.6 Å². The molecule has 0 aromatic heterocycles. The Labute approximate surface area is 189 Å². The van der Waals surface area contributed by atoms with Gasteiger partial charge < -0.3 is 14.9 Å². The molecule has 0 aliphatic carbocycles. The van der Waals surface area contributed by atoms with Gasteiger partial charge in [-0.1, -0.05) is 87.0 Å². The van der Waals surface area contributed by atoms with Crippen LogP contribution in [0.25, 0.3) is 0 Å². The molecule has 0 saturated carbocycles. The summed E-state index contributed by atoms with van der Waals surface area (Å²) < 4.78 is 4.61. The van der Waals surface area contributed by atoms with Crippen LogP contribution in [0.1, 0.15) is 107 Å². The lowest BCUT2D eigenvalue weighted by molar-refractivity contribution is -0.142. The molecule has 0 amide bonds. The lowest BCUT2D eigenvalue weighted by Gasteiger charge is -2.06.